The van der Waals surface area contributed by atoms with Crippen LogP contribution in [0.3, 0.4) is 0 Å². The number of anilines is 1. The Morgan fingerprint density at radius 2 is 1.82 bits per heavy atom. The maximum Gasteiger partial charge on any atom is 0.239 e. The van der Waals surface area contributed by atoms with Crippen molar-refractivity contribution in [2.45, 2.75) is 46.0 Å². The molecule has 22 heavy (non-hydrogen) atoms. The number of hydrogen-bond acceptors (Lipinski definition) is 3. The minimum Gasteiger partial charge on any atom is -0.376 e. The lowest BCUT2D eigenvalue weighted by molar-refractivity contribution is -0.119. The smallest absolute Gasteiger partial charge is 0.239 e. The largest absolute Gasteiger partial charge is 0.376 e. The van der Waals surface area contributed by atoms with Crippen LogP contribution in [0.25, 0.3) is 0 Å². The van der Waals surface area contributed by atoms with Crippen molar-refractivity contribution in [3.8, 4) is 6.07 Å². The summed E-state index contributed by atoms with van der Waals surface area (Å²) in [6.45, 7) is 5.51. The van der Waals surface area contributed by atoms with Gasteiger partial charge in [0.2, 0.25) is 5.91 Å². The molecule has 0 heterocycles. The Kier molecular flexibility index (Phi) is 8.74. The molecule has 0 bridgehead atoms. The van der Waals surface area contributed by atoms with Crippen LogP contribution in [0.4, 0.5) is 5.69 Å². The standard InChI is InChI=1S/C18H27N3O/c1-15(2)7-5-3-4-6-12-20-18(22)14-21-17-10-8-16(13-19)9-11-17/h8-11,15,21H,3-7,12,14H2,1-2H3,(H,20,22). The first-order chi connectivity index (χ1) is 10.6. The Morgan fingerprint density at radius 1 is 1.14 bits per heavy atom. The molecule has 0 saturated carbocycles. The summed E-state index contributed by atoms with van der Waals surface area (Å²) in [5.41, 5.74) is 1.47. The molecule has 0 spiro atoms. The molecule has 2 N–H and O–H groups in total. The van der Waals surface area contributed by atoms with Crippen molar-refractivity contribution in [3.63, 3.8) is 0 Å². The fourth-order valence-electron chi connectivity index (χ4n) is 2.17. The molecular weight excluding hydrogens is 274 g/mol. The van der Waals surface area contributed by atoms with Crippen molar-refractivity contribution >= 4 is 11.6 Å². The summed E-state index contributed by atoms with van der Waals surface area (Å²) in [5.74, 6) is 0.791. The Bertz CT molecular complexity index is 474. The number of hydrogen-bond donors (Lipinski definition) is 2. The molecule has 0 fully saturated rings. The minimum absolute atomic E-state index is 0.00606. The van der Waals surface area contributed by atoms with Gasteiger partial charge in [0.1, 0.15) is 0 Å². The van der Waals surface area contributed by atoms with Gasteiger partial charge in [-0.05, 0) is 36.6 Å². The van der Waals surface area contributed by atoms with Crippen molar-refractivity contribution in [2.75, 3.05) is 18.4 Å². The third-order valence-electron chi connectivity index (χ3n) is 3.50. The number of amides is 1. The summed E-state index contributed by atoms with van der Waals surface area (Å²) in [6, 6.07) is 9.15. The maximum absolute atomic E-state index is 11.7. The zero-order valence-corrected chi connectivity index (χ0v) is 13.7. The number of rotatable bonds is 10. The highest BCUT2D eigenvalue weighted by atomic mass is 16.1. The normalized spacial score (nSPS) is 10.3. The van der Waals surface area contributed by atoms with Gasteiger partial charge in [0.05, 0.1) is 18.2 Å². The Labute approximate surface area is 133 Å². The predicted octanol–water partition coefficient (Wildman–Crippen LogP) is 3.69. The number of nitriles is 1. The molecule has 4 nitrogen and oxygen atoms in total. The van der Waals surface area contributed by atoms with Crippen LogP contribution in [0.5, 0.6) is 0 Å². The molecule has 120 valence electrons. The van der Waals surface area contributed by atoms with Crippen LogP contribution >= 0.6 is 0 Å². The van der Waals surface area contributed by atoms with E-state index in [1.54, 1.807) is 24.3 Å². The summed E-state index contributed by atoms with van der Waals surface area (Å²) in [5, 5.41) is 14.7. The molecule has 1 aromatic carbocycles. The van der Waals surface area contributed by atoms with Crippen molar-refractivity contribution in [1.29, 1.82) is 5.26 Å². The molecule has 0 aliphatic heterocycles. The molecule has 0 atom stereocenters. The van der Waals surface area contributed by atoms with E-state index in [2.05, 4.69) is 30.6 Å². The minimum atomic E-state index is 0.00606. The molecule has 0 saturated heterocycles. The van der Waals surface area contributed by atoms with Gasteiger partial charge in [-0.3, -0.25) is 4.79 Å². The van der Waals surface area contributed by atoms with Gasteiger partial charge in [0.25, 0.3) is 0 Å². The van der Waals surface area contributed by atoms with E-state index < -0.39 is 0 Å². The molecule has 1 aromatic rings. The topological polar surface area (TPSA) is 64.9 Å². The Morgan fingerprint density at radius 3 is 2.45 bits per heavy atom. The van der Waals surface area contributed by atoms with Gasteiger partial charge in [0.15, 0.2) is 0 Å². The first kappa shape index (κ1) is 18.0. The number of unbranched alkanes of at least 4 members (excludes halogenated alkanes) is 3. The average Bonchev–Trinajstić information content (AvgIpc) is 2.52. The third-order valence-corrected chi connectivity index (χ3v) is 3.50. The molecule has 0 unspecified atom stereocenters. The van der Waals surface area contributed by atoms with Gasteiger partial charge >= 0.3 is 0 Å². The first-order valence-corrected chi connectivity index (χ1v) is 8.12. The van der Waals surface area contributed by atoms with E-state index in [1.807, 2.05) is 0 Å². The van der Waals surface area contributed by atoms with E-state index in [1.165, 1.54) is 25.7 Å². The average molecular weight is 301 g/mol. The zero-order valence-electron chi connectivity index (χ0n) is 13.7. The summed E-state index contributed by atoms with van der Waals surface area (Å²) >= 11 is 0. The lowest BCUT2D eigenvalue weighted by Gasteiger charge is -2.08. The van der Waals surface area contributed by atoms with E-state index in [0.717, 1.165) is 24.6 Å². The number of nitrogens with zero attached hydrogens (tertiary/aromatic N) is 1. The molecule has 0 aliphatic rings. The van der Waals surface area contributed by atoms with Crippen molar-refractivity contribution in [3.05, 3.63) is 29.8 Å². The van der Waals surface area contributed by atoms with Crippen LogP contribution < -0.4 is 10.6 Å². The van der Waals surface area contributed by atoms with Gasteiger partial charge < -0.3 is 10.6 Å². The van der Waals surface area contributed by atoms with Crippen molar-refractivity contribution in [2.24, 2.45) is 5.92 Å². The number of carbonyl (C=O) groups is 1. The van der Waals surface area contributed by atoms with Gasteiger partial charge in [-0.1, -0.05) is 39.5 Å². The van der Waals surface area contributed by atoms with Crippen LogP contribution in [0.2, 0.25) is 0 Å². The predicted molar refractivity (Wildman–Crippen MR) is 90.6 cm³/mol. The molecule has 0 aliphatic carbocycles. The fraction of sp³-hybridized carbons (Fsp3) is 0.556. The van der Waals surface area contributed by atoms with Crippen LogP contribution in [-0.4, -0.2) is 19.0 Å². The lowest BCUT2D eigenvalue weighted by atomic mass is 10.0. The quantitative estimate of drug-likeness (QED) is 0.648. The van der Waals surface area contributed by atoms with E-state index in [-0.39, 0.29) is 12.5 Å². The highest BCUT2D eigenvalue weighted by Crippen LogP contribution is 2.09. The Balaban J connectivity index is 2.05. The van der Waals surface area contributed by atoms with Crippen LogP contribution in [0, 0.1) is 17.2 Å². The highest BCUT2D eigenvalue weighted by molar-refractivity contribution is 5.80. The SMILES string of the molecule is CC(C)CCCCCCNC(=O)CNc1ccc(C#N)cc1. The first-order valence-electron chi connectivity index (χ1n) is 8.12. The third kappa shape index (κ3) is 8.31. The molecular formula is C18H27N3O. The molecule has 1 rings (SSSR count). The van der Waals surface area contributed by atoms with Crippen LogP contribution in [0.1, 0.15) is 51.5 Å². The second-order valence-corrected chi connectivity index (χ2v) is 5.99. The van der Waals surface area contributed by atoms with Gasteiger partial charge in [0, 0.05) is 12.2 Å². The van der Waals surface area contributed by atoms with E-state index >= 15 is 0 Å². The van der Waals surface area contributed by atoms with Gasteiger partial charge in [-0.2, -0.15) is 5.26 Å². The molecule has 0 aromatic heterocycles. The number of nitrogens with one attached hydrogen (secondary N) is 2. The van der Waals surface area contributed by atoms with E-state index in [9.17, 15) is 4.79 Å². The van der Waals surface area contributed by atoms with E-state index in [4.69, 9.17) is 5.26 Å². The van der Waals surface area contributed by atoms with Gasteiger partial charge in [-0.15, -0.1) is 0 Å². The van der Waals surface area contributed by atoms with Gasteiger partial charge in [-0.25, -0.2) is 0 Å². The monoisotopic (exact) mass is 301 g/mol. The maximum atomic E-state index is 11.7. The van der Waals surface area contributed by atoms with Crippen molar-refractivity contribution < 1.29 is 4.79 Å². The number of benzene rings is 1. The van der Waals surface area contributed by atoms with E-state index in [0.29, 0.717) is 5.56 Å². The number of carbonyl (C=O) groups excluding carboxylic acids is 1. The summed E-state index contributed by atoms with van der Waals surface area (Å²) in [6.07, 6.45) is 6.04. The summed E-state index contributed by atoms with van der Waals surface area (Å²) in [4.78, 5) is 11.7. The van der Waals surface area contributed by atoms with Crippen molar-refractivity contribution in [1.82, 2.24) is 5.32 Å². The fourth-order valence-corrected chi connectivity index (χ4v) is 2.17. The second-order valence-electron chi connectivity index (χ2n) is 5.99. The molecule has 4 heteroatoms. The molecule has 0 radical (unpaired) electrons. The zero-order chi connectivity index (χ0) is 16.2. The second kappa shape index (κ2) is 10.7. The lowest BCUT2D eigenvalue weighted by Crippen LogP contribution is -2.30. The highest BCUT2D eigenvalue weighted by Gasteiger charge is 2.01. The Hall–Kier alpha value is -2.02. The summed E-state index contributed by atoms with van der Waals surface area (Å²) < 4.78 is 0. The van der Waals surface area contributed by atoms with Crippen LogP contribution in [-0.2, 0) is 4.79 Å². The van der Waals surface area contributed by atoms with Crippen LogP contribution in [0.15, 0.2) is 24.3 Å². The molecule has 1 amide bonds. The summed E-state index contributed by atoms with van der Waals surface area (Å²) in [7, 11) is 0.